The molecule has 1 atom stereocenters. The minimum atomic E-state index is 0.648. The van der Waals surface area contributed by atoms with Crippen molar-refractivity contribution in [3.8, 4) is 0 Å². The minimum Gasteiger partial charge on any atom is -0.330 e. The molecule has 1 unspecified atom stereocenters. The fourth-order valence-electron chi connectivity index (χ4n) is 0.421. The van der Waals surface area contributed by atoms with Crippen molar-refractivity contribution in [3.63, 3.8) is 0 Å². The summed E-state index contributed by atoms with van der Waals surface area (Å²) < 4.78 is 0. The van der Waals surface area contributed by atoms with Gasteiger partial charge >= 0.3 is 0 Å². The van der Waals surface area contributed by atoms with Crippen molar-refractivity contribution in [2.75, 3.05) is 18.1 Å². The van der Waals surface area contributed by atoms with Crippen molar-refractivity contribution >= 4 is 11.8 Å². The van der Waals surface area contributed by atoms with Crippen LogP contribution in [0.3, 0.4) is 0 Å². The van der Waals surface area contributed by atoms with Crippen molar-refractivity contribution in [2.24, 2.45) is 11.7 Å². The van der Waals surface area contributed by atoms with Gasteiger partial charge < -0.3 is 5.73 Å². The largest absolute Gasteiger partial charge is 0.330 e. The Balaban J connectivity index is 2.96. The van der Waals surface area contributed by atoms with Crippen molar-refractivity contribution in [3.05, 3.63) is 12.7 Å². The molecule has 0 aliphatic heterocycles. The summed E-state index contributed by atoms with van der Waals surface area (Å²) in [5.41, 5.74) is 5.42. The smallest absolute Gasteiger partial charge is 0.0110 e. The molecule has 2 N–H and O–H groups in total. The van der Waals surface area contributed by atoms with E-state index >= 15 is 0 Å². The molecule has 2 heteroatoms. The Morgan fingerprint density at radius 3 is 2.89 bits per heavy atom. The van der Waals surface area contributed by atoms with Gasteiger partial charge in [0.2, 0.25) is 0 Å². The van der Waals surface area contributed by atoms with Crippen molar-refractivity contribution < 1.29 is 0 Å². The standard InChI is InChI=1S/C7H15NS/c1-3-4-9-6-7(2)5-8/h3,7H,1,4-6,8H2,2H3. The van der Waals surface area contributed by atoms with E-state index in [1.807, 2.05) is 17.8 Å². The van der Waals surface area contributed by atoms with Crippen LogP contribution in [0.2, 0.25) is 0 Å². The summed E-state index contributed by atoms with van der Waals surface area (Å²) in [6.45, 7) is 6.59. The lowest BCUT2D eigenvalue weighted by atomic mass is 10.2. The highest BCUT2D eigenvalue weighted by molar-refractivity contribution is 7.99. The Labute approximate surface area is 61.7 Å². The molecular weight excluding hydrogens is 130 g/mol. The molecule has 0 aromatic carbocycles. The number of hydrogen-bond acceptors (Lipinski definition) is 2. The highest BCUT2D eigenvalue weighted by Crippen LogP contribution is 2.05. The van der Waals surface area contributed by atoms with Gasteiger partial charge in [-0.25, -0.2) is 0 Å². The summed E-state index contributed by atoms with van der Waals surface area (Å²) >= 11 is 1.89. The molecule has 0 radical (unpaired) electrons. The first kappa shape index (κ1) is 9.05. The van der Waals surface area contributed by atoms with Gasteiger partial charge in [-0.1, -0.05) is 13.0 Å². The van der Waals surface area contributed by atoms with E-state index in [0.29, 0.717) is 5.92 Å². The molecular formula is C7H15NS. The van der Waals surface area contributed by atoms with Gasteiger partial charge in [-0.05, 0) is 18.2 Å². The predicted octanol–water partition coefficient (Wildman–Crippen LogP) is 1.50. The van der Waals surface area contributed by atoms with Gasteiger partial charge in [0.05, 0.1) is 0 Å². The van der Waals surface area contributed by atoms with Crippen LogP contribution in [-0.2, 0) is 0 Å². The van der Waals surface area contributed by atoms with Crippen molar-refractivity contribution in [1.82, 2.24) is 0 Å². The lowest BCUT2D eigenvalue weighted by Gasteiger charge is -2.04. The summed E-state index contributed by atoms with van der Waals surface area (Å²) in [6.07, 6.45) is 1.92. The molecule has 0 saturated carbocycles. The van der Waals surface area contributed by atoms with Crippen LogP contribution in [0.25, 0.3) is 0 Å². The molecule has 0 aromatic rings. The molecule has 0 heterocycles. The molecule has 0 spiro atoms. The second-order valence-electron chi connectivity index (χ2n) is 2.17. The molecule has 0 rings (SSSR count). The molecule has 0 aromatic heterocycles. The van der Waals surface area contributed by atoms with Gasteiger partial charge in [-0.15, -0.1) is 6.58 Å². The van der Waals surface area contributed by atoms with E-state index in [2.05, 4.69) is 13.5 Å². The molecule has 0 saturated heterocycles. The first-order chi connectivity index (χ1) is 4.31. The summed E-state index contributed by atoms with van der Waals surface area (Å²) in [4.78, 5) is 0. The fraction of sp³-hybridized carbons (Fsp3) is 0.714. The minimum absolute atomic E-state index is 0.648. The topological polar surface area (TPSA) is 26.0 Å². The first-order valence-electron chi connectivity index (χ1n) is 3.20. The Hall–Kier alpha value is 0.0500. The third-order valence-corrected chi connectivity index (χ3v) is 2.32. The van der Waals surface area contributed by atoms with Crippen molar-refractivity contribution in [2.45, 2.75) is 6.92 Å². The summed E-state index contributed by atoms with van der Waals surface area (Å²) in [5.74, 6) is 2.85. The van der Waals surface area contributed by atoms with Gasteiger partial charge in [0.15, 0.2) is 0 Å². The van der Waals surface area contributed by atoms with E-state index in [1.54, 1.807) is 0 Å². The molecule has 1 nitrogen and oxygen atoms in total. The monoisotopic (exact) mass is 145 g/mol. The molecule has 0 fully saturated rings. The zero-order chi connectivity index (χ0) is 7.11. The SMILES string of the molecule is C=CCSCC(C)CN. The van der Waals surface area contributed by atoms with Crippen LogP contribution in [-0.4, -0.2) is 18.1 Å². The number of hydrogen-bond donors (Lipinski definition) is 1. The Morgan fingerprint density at radius 2 is 2.44 bits per heavy atom. The fourth-order valence-corrected chi connectivity index (χ4v) is 1.26. The van der Waals surface area contributed by atoms with Crippen LogP contribution in [0, 0.1) is 5.92 Å². The summed E-state index contributed by atoms with van der Waals surface area (Å²) in [6, 6.07) is 0. The quantitative estimate of drug-likeness (QED) is 0.468. The van der Waals surface area contributed by atoms with E-state index < -0.39 is 0 Å². The molecule has 0 aliphatic rings. The highest BCUT2D eigenvalue weighted by atomic mass is 32.2. The normalized spacial score (nSPS) is 13.1. The molecule has 0 amide bonds. The average Bonchev–Trinajstić information content (AvgIpc) is 1.89. The second kappa shape index (κ2) is 6.17. The van der Waals surface area contributed by atoms with E-state index in [-0.39, 0.29) is 0 Å². The number of thioether (sulfide) groups is 1. The van der Waals surface area contributed by atoms with E-state index in [1.165, 1.54) is 0 Å². The van der Waals surface area contributed by atoms with E-state index in [4.69, 9.17) is 5.73 Å². The van der Waals surface area contributed by atoms with Crippen LogP contribution in [0.15, 0.2) is 12.7 Å². The highest BCUT2D eigenvalue weighted by Gasteiger charge is 1.95. The Morgan fingerprint density at radius 1 is 1.78 bits per heavy atom. The summed E-state index contributed by atoms with van der Waals surface area (Å²) in [5, 5.41) is 0. The van der Waals surface area contributed by atoms with Crippen LogP contribution in [0.5, 0.6) is 0 Å². The van der Waals surface area contributed by atoms with Gasteiger partial charge in [-0.3, -0.25) is 0 Å². The van der Waals surface area contributed by atoms with E-state index in [9.17, 15) is 0 Å². The molecule has 0 bridgehead atoms. The average molecular weight is 145 g/mol. The maximum Gasteiger partial charge on any atom is 0.0110 e. The molecule has 54 valence electrons. The Kier molecular flexibility index (Phi) is 6.21. The maximum atomic E-state index is 5.42. The number of nitrogens with two attached hydrogens (primary N) is 1. The van der Waals surface area contributed by atoms with Crippen molar-refractivity contribution in [1.29, 1.82) is 0 Å². The van der Waals surface area contributed by atoms with Crippen LogP contribution in [0.4, 0.5) is 0 Å². The van der Waals surface area contributed by atoms with E-state index in [0.717, 1.165) is 18.1 Å². The third-order valence-electron chi connectivity index (χ3n) is 1.04. The molecule has 9 heavy (non-hydrogen) atoms. The lowest BCUT2D eigenvalue weighted by Crippen LogP contribution is -2.12. The van der Waals surface area contributed by atoms with Gasteiger partial charge in [0, 0.05) is 5.75 Å². The summed E-state index contributed by atoms with van der Waals surface area (Å²) in [7, 11) is 0. The van der Waals surface area contributed by atoms with Gasteiger partial charge in [0.1, 0.15) is 0 Å². The van der Waals surface area contributed by atoms with Crippen LogP contribution < -0.4 is 5.73 Å². The Bertz CT molecular complexity index is 73.3. The maximum absolute atomic E-state index is 5.42. The molecule has 0 aliphatic carbocycles. The van der Waals surface area contributed by atoms with Crippen LogP contribution >= 0.6 is 11.8 Å². The zero-order valence-corrected chi connectivity index (χ0v) is 6.79. The predicted molar refractivity (Wildman–Crippen MR) is 45.7 cm³/mol. The third kappa shape index (κ3) is 5.93. The number of rotatable bonds is 5. The lowest BCUT2D eigenvalue weighted by molar-refractivity contribution is 0.676. The second-order valence-corrected chi connectivity index (χ2v) is 3.24. The zero-order valence-electron chi connectivity index (χ0n) is 5.97. The van der Waals surface area contributed by atoms with Gasteiger partial charge in [0.25, 0.3) is 0 Å². The first-order valence-corrected chi connectivity index (χ1v) is 4.35. The van der Waals surface area contributed by atoms with Crippen LogP contribution in [0.1, 0.15) is 6.92 Å². The van der Waals surface area contributed by atoms with Gasteiger partial charge in [-0.2, -0.15) is 11.8 Å².